The lowest BCUT2D eigenvalue weighted by Crippen LogP contribution is -1.91. The average Bonchev–Trinajstić information content (AvgIpc) is 2.14. The predicted octanol–water partition coefficient (Wildman–Crippen LogP) is 1.00. The Bertz CT molecular complexity index is 156. The van der Waals surface area contributed by atoms with Crippen LogP contribution in [0.1, 0.15) is 6.42 Å². The van der Waals surface area contributed by atoms with E-state index in [1.807, 2.05) is 0 Å². The highest BCUT2D eigenvalue weighted by Gasteiger charge is 2.09. The molecular formula is C6H6O2. The molecule has 0 aromatic rings. The van der Waals surface area contributed by atoms with E-state index in [0.29, 0.717) is 12.2 Å². The number of hydrogen-bond donors (Lipinski definition) is 0. The summed E-state index contributed by atoms with van der Waals surface area (Å²) in [6.45, 7) is 3.43. The molecule has 0 saturated heterocycles. The van der Waals surface area contributed by atoms with Gasteiger partial charge in [0.2, 0.25) is 0 Å². The Morgan fingerprint density at radius 2 is 2.62 bits per heavy atom. The quantitative estimate of drug-likeness (QED) is 0.471. The molecular weight excluding hydrogens is 104 g/mol. The second-order valence-corrected chi connectivity index (χ2v) is 1.49. The van der Waals surface area contributed by atoms with E-state index in [-0.39, 0.29) is 5.97 Å². The number of carbonyl (C=O) groups is 1. The van der Waals surface area contributed by atoms with Crippen molar-refractivity contribution in [3.05, 3.63) is 24.5 Å². The minimum absolute atomic E-state index is 0.195. The fourth-order valence-electron chi connectivity index (χ4n) is 0.524. The van der Waals surface area contributed by atoms with Crippen LogP contribution in [0.3, 0.4) is 0 Å². The van der Waals surface area contributed by atoms with E-state index in [0.717, 1.165) is 0 Å². The lowest BCUT2D eigenvalue weighted by molar-refractivity contribution is -0.136. The van der Waals surface area contributed by atoms with Crippen molar-refractivity contribution in [2.45, 2.75) is 6.42 Å². The maximum Gasteiger partial charge on any atom is 0.315 e. The molecule has 42 valence electrons. The number of hydrogen-bond acceptors (Lipinski definition) is 2. The summed E-state index contributed by atoms with van der Waals surface area (Å²) >= 11 is 0. The van der Waals surface area contributed by atoms with Gasteiger partial charge >= 0.3 is 5.97 Å². The van der Waals surface area contributed by atoms with Crippen LogP contribution < -0.4 is 0 Å². The second-order valence-electron chi connectivity index (χ2n) is 1.49. The summed E-state index contributed by atoms with van der Waals surface area (Å²) in [6.07, 6.45) is 3.61. The number of cyclic esters (lactones) is 1. The summed E-state index contributed by atoms with van der Waals surface area (Å²) in [5.41, 5.74) is 0. The van der Waals surface area contributed by atoms with Gasteiger partial charge in [0, 0.05) is 0 Å². The molecule has 0 bridgehead atoms. The molecule has 2 heteroatoms. The molecule has 0 aliphatic carbocycles. The third-order valence-electron chi connectivity index (χ3n) is 0.903. The Morgan fingerprint density at radius 3 is 2.88 bits per heavy atom. The zero-order valence-electron chi connectivity index (χ0n) is 4.39. The van der Waals surface area contributed by atoms with E-state index in [1.165, 1.54) is 6.08 Å². The number of esters is 1. The van der Waals surface area contributed by atoms with Gasteiger partial charge in [0.05, 0.1) is 6.42 Å². The fraction of sp³-hybridized carbons (Fsp3) is 0.167. The fourth-order valence-corrected chi connectivity index (χ4v) is 0.524. The van der Waals surface area contributed by atoms with Crippen LogP contribution >= 0.6 is 0 Å². The van der Waals surface area contributed by atoms with Crippen molar-refractivity contribution in [1.29, 1.82) is 0 Å². The minimum atomic E-state index is -0.195. The van der Waals surface area contributed by atoms with Crippen molar-refractivity contribution in [3.63, 3.8) is 0 Å². The molecule has 1 rings (SSSR count). The molecule has 0 aromatic carbocycles. The maximum absolute atomic E-state index is 10.3. The van der Waals surface area contributed by atoms with Crippen molar-refractivity contribution in [3.8, 4) is 0 Å². The van der Waals surface area contributed by atoms with Gasteiger partial charge < -0.3 is 4.74 Å². The van der Waals surface area contributed by atoms with Gasteiger partial charge in [0.25, 0.3) is 0 Å². The van der Waals surface area contributed by atoms with Crippen molar-refractivity contribution in [2.75, 3.05) is 0 Å². The number of ether oxygens (including phenoxy) is 1. The summed E-state index contributed by atoms with van der Waals surface area (Å²) < 4.78 is 4.61. The van der Waals surface area contributed by atoms with Crippen molar-refractivity contribution in [1.82, 2.24) is 0 Å². The van der Waals surface area contributed by atoms with Crippen LogP contribution in [0.5, 0.6) is 0 Å². The highest BCUT2D eigenvalue weighted by Crippen LogP contribution is 2.09. The van der Waals surface area contributed by atoms with E-state index in [1.54, 1.807) is 6.08 Å². The largest absolute Gasteiger partial charge is 0.427 e. The normalized spacial score (nSPS) is 17.5. The molecule has 0 N–H and O–H groups in total. The van der Waals surface area contributed by atoms with Crippen molar-refractivity contribution < 1.29 is 9.53 Å². The summed E-state index contributed by atoms with van der Waals surface area (Å²) in [5, 5.41) is 0. The highest BCUT2D eigenvalue weighted by atomic mass is 16.5. The Labute approximate surface area is 47.5 Å². The van der Waals surface area contributed by atoms with Crippen molar-refractivity contribution in [2.24, 2.45) is 0 Å². The van der Waals surface area contributed by atoms with E-state index >= 15 is 0 Å². The van der Waals surface area contributed by atoms with E-state index in [2.05, 4.69) is 11.3 Å². The first kappa shape index (κ1) is 5.09. The van der Waals surface area contributed by atoms with E-state index < -0.39 is 0 Å². The lowest BCUT2D eigenvalue weighted by atomic mass is 10.4. The predicted molar refractivity (Wildman–Crippen MR) is 29.0 cm³/mol. The SMILES string of the molecule is C=CC1=CCC(=O)O1. The molecule has 1 aliphatic rings. The molecule has 2 nitrogen and oxygen atoms in total. The first-order valence-electron chi connectivity index (χ1n) is 2.36. The molecule has 0 aromatic heterocycles. The molecule has 1 heterocycles. The van der Waals surface area contributed by atoms with Crippen molar-refractivity contribution >= 4 is 5.97 Å². The first-order chi connectivity index (χ1) is 3.83. The summed E-state index contributed by atoms with van der Waals surface area (Å²) in [5.74, 6) is 0.384. The molecule has 1 aliphatic heterocycles. The molecule has 0 saturated carbocycles. The van der Waals surface area contributed by atoms with Gasteiger partial charge in [-0.25, -0.2) is 0 Å². The Hall–Kier alpha value is -1.05. The van der Waals surface area contributed by atoms with E-state index in [9.17, 15) is 4.79 Å². The molecule has 0 fully saturated rings. The molecule has 0 spiro atoms. The Balaban J connectivity index is 2.61. The van der Waals surface area contributed by atoms with Gasteiger partial charge in [0.1, 0.15) is 5.76 Å². The lowest BCUT2D eigenvalue weighted by Gasteiger charge is -1.89. The topological polar surface area (TPSA) is 26.3 Å². The third kappa shape index (κ3) is 0.780. The van der Waals surface area contributed by atoms with Gasteiger partial charge in [-0.15, -0.1) is 0 Å². The van der Waals surface area contributed by atoms with Crippen LogP contribution in [0, 0.1) is 0 Å². The zero-order chi connectivity index (χ0) is 5.98. The second kappa shape index (κ2) is 1.82. The van der Waals surface area contributed by atoms with Crippen LogP contribution in [0.15, 0.2) is 24.5 Å². The molecule has 8 heavy (non-hydrogen) atoms. The zero-order valence-corrected chi connectivity index (χ0v) is 4.39. The number of rotatable bonds is 1. The molecule has 0 atom stereocenters. The molecule has 0 amide bonds. The smallest absolute Gasteiger partial charge is 0.315 e. The Morgan fingerprint density at radius 1 is 1.88 bits per heavy atom. The molecule has 0 radical (unpaired) electrons. The number of allylic oxidation sites excluding steroid dienone is 1. The van der Waals surface area contributed by atoms with Gasteiger partial charge in [0.15, 0.2) is 0 Å². The van der Waals surface area contributed by atoms with Crippen LogP contribution in [0.25, 0.3) is 0 Å². The highest BCUT2D eigenvalue weighted by molar-refractivity contribution is 5.75. The monoisotopic (exact) mass is 110 g/mol. The standard InChI is InChI=1S/C6H6O2/c1-2-5-3-4-6(7)8-5/h2-3H,1,4H2. The van der Waals surface area contributed by atoms with Crippen LogP contribution in [-0.2, 0) is 9.53 Å². The van der Waals surface area contributed by atoms with Gasteiger partial charge in [-0.3, -0.25) is 4.79 Å². The summed E-state index contributed by atoms with van der Waals surface area (Å²) in [4.78, 5) is 10.3. The van der Waals surface area contributed by atoms with Gasteiger partial charge in [-0.05, 0) is 12.2 Å². The Kier molecular flexibility index (Phi) is 1.16. The van der Waals surface area contributed by atoms with E-state index in [4.69, 9.17) is 0 Å². The number of carbonyl (C=O) groups excluding carboxylic acids is 1. The maximum atomic E-state index is 10.3. The van der Waals surface area contributed by atoms with Gasteiger partial charge in [-0.1, -0.05) is 6.58 Å². The summed E-state index contributed by atoms with van der Waals surface area (Å²) in [6, 6.07) is 0. The van der Waals surface area contributed by atoms with Crippen LogP contribution in [-0.4, -0.2) is 5.97 Å². The third-order valence-corrected chi connectivity index (χ3v) is 0.903. The summed E-state index contributed by atoms with van der Waals surface area (Å²) in [7, 11) is 0. The van der Waals surface area contributed by atoms with Crippen LogP contribution in [0.4, 0.5) is 0 Å². The van der Waals surface area contributed by atoms with Crippen LogP contribution in [0.2, 0.25) is 0 Å². The van der Waals surface area contributed by atoms with Gasteiger partial charge in [-0.2, -0.15) is 0 Å². The first-order valence-corrected chi connectivity index (χ1v) is 2.36. The molecule has 0 unspecified atom stereocenters. The minimum Gasteiger partial charge on any atom is -0.427 e. The average molecular weight is 110 g/mol.